The number of benzene rings is 1. The van der Waals surface area contributed by atoms with Crippen molar-refractivity contribution < 1.29 is 4.79 Å². The van der Waals surface area contributed by atoms with Crippen LogP contribution in [0.25, 0.3) is 0 Å². The zero-order valence-corrected chi connectivity index (χ0v) is 11.0. The normalized spacial score (nSPS) is 9.88. The van der Waals surface area contributed by atoms with Crippen molar-refractivity contribution in [1.82, 2.24) is 0 Å². The first-order chi connectivity index (χ1) is 7.69. The summed E-state index contributed by atoms with van der Waals surface area (Å²) < 4.78 is 0.843. The van der Waals surface area contributed by atoms with E-state index in [0.29, 0.717) is 5.56 Å². The van der Waals surface area contributed by atoms with E-state index in [1.807, 2.05) is 31.3 Å². The topological polar surface area (TPSA) is 20.3 Å². The second-order valence-corrected chi connectivity index (χ2v) is 4.53. The number of allylic oxidation sites excluding steroid dienone is 1. The Morgan fingerprint density at radius 2 is 2.25 bits per heavy atom. The molecule has 0 amide bonds. The van der Waals surface area contributed by atoms with E-state index in [1.54, 1.807) is 0 Å². The monoisotopic (exact) mass is 281 g/mol. The van der Waals surface area contributed by atoms with Crippen molar-refractivity contribution in [2.24, 2.45) is 0 Å². The van der Waals surface area contributed by atoms with Crippen molar-refractivity contribution in [2.75, 3.05) is 18.5 Å². The fourth-order valence-corrected chi connectivity index (χ4v) is 1.91. The van der Waals surface area contributed by atoms with Crippen LogP contribution < -0.4 is 4.90 Å². The molecule has 0 saturated carbocycles. The maximum atomic E-state index is 10.7. The van der Waals surface area contributed by atoms with Crippen LogP contribution in [0.3, 0.4) is 0 Å². The molecule has 0 saturated heterocycles. The van der Waals surface area contributed by atoms with Gasteiger partial charge in [-0.25, -0.2) is 0 Å². The van der Waals surface area contributed by atoms with Crippen LogP contribution in [-0.2, 0) is 0 Å². The summed E-state index contributed by atoms with van der Waals surface area (Å²) in [5.74, 6) is 0. The van der Waals surface area contributed by atoms with Gasteiger partial charge in [0, 0.05) is 29.3 Å². The Kier molecular flexibility index (Phi) is 5.26. The van der Waals surface area contributed by atoms with Crippen LogP contribution in [0.15, 0.2) is 35.3 Å². The minimum absolute atomic E-state index is 0.684. The molecule has 1 aromatic carbocycles. The quantitative estimate of drug-likeness (QED) is 0.451. The number of carbonyl (C=O) groups is 1. The third kappa shape index (κ3) is 3.49. The first-order valence-electron chi connectivity index (χ1n) is 5.25. The summed E-state index contributed by atoms with van der Waals surface area (Å²) in [6.45, 7) is 4.69. The van der Waals surface area contributed by atoms with E-state index in [1.165, 1.54) is 0 Å². The molecular weight excluding hydrogens is 266 g/mol. The Balaban J connectivity index is 2.68. The largest absolute Gasteiger partial charge is 0.375 e. The molecule has 1 aromatic rings. The minimum Gasteiger partial charge on any atom is -0.375 e. The van der Waals surface area contributed by atoms with Crippen LogP contribution >= 0.6 is 15.9 Å². The molecule has 3 heteroatoms. The zero-order valence-electron chi connectivity index (χ0n) is 9.45. The Morgan fingerprint density at radius 1 is 1.50 bits per heavy atom. The Hall–Kier alpha value is -1.09. The van der Waals surface area contributed by atoms with Gasteiger partial charge in [-0.3, -0.25) is 4.79 Å². The van der Waals surface area contributed by atoms with Gasteiger partial charge in [-0.15, -0.1) is 6.58 Å². The number of nitrogens with zero attached hydrogens (tertiary/aromatic N) is 1. The molecule has 0 spiro atoms. The molecule has 86 valence electrons. The molecule has 2 nitrogen and oxygen atoms in total. The Bertz CT molecular complexity index is 376. The van der Waals surface area contributed by atoms with Crippen molar-refractivity contribution in [1.29, 1.82) is 0 Å². The lowest BCUT2D eigenvalue weighted by Gasteiger charge is -2.19. The second-order valence-electron chi connectivity index (χ2n) is 3.68. The lowest BCUT2D eigenvalue weighted by atomic mass is 10.2. The van der Waals surface area contributed by atoms with Crippen LogP contribution in [0, 0.1) is 0 Å². The summed E-state index contributed by atoms with van der Waals surface area (Å²) in [4.78, 5) is 12.8. The Morgan fingerprint density at radius 3 is 2.81 bits per heavy atom. The summed E-state index contributed by atoms with van der Waals surface area (Å²) in [5.41, 5.74) is 1.80. The molecule has 1 rings (SSSR count). The molecular formula is C13H16BrNO. The number of carbonyl (C=O) groups excluding carboxylic acids is 1. The van der Waals surface area contributed by atoms with Gasteiger partial charge >= 0.3 is 0 Å². The van der Waals surface area contributed by atoms with E-state index in [0.717, 1.165) is 35.8 Å². The number of hydrogen-bond acceptors (Lipinski definition) is 2. The predicted molar refractivity (Wildman–Crippen MR) is 72.2 cm³/mol. The van der Waals surface area contributed by atoms with Crippen molar-refractivity contribution in [3.8, 4) is 0 Å². The highest BCUT2D eigenvalue weighted by molar-refractivity contribution is 9.10. The summed E-state index contributed by atoms with van der Waals surface area (Å²) >= 11 is 3.38. The minimum atomic E-state index is 0.684. The number of unbranched alkanes of at least 4 members (excludes halogenated alkanes) is 1. The highest BCUT2D eigenvalue weighted by Crippen LogP contribution is 2.22. The van der Waals surface area contributed by atoms with Crippen molar-refractivity contribution in [2.45, 2.75) is 12.8 Å². The lowest BCUT2D eigenvalue weighted by molar-refractivity contribution is 0.112. The SMILES string of the molecule is C=CCCCN(C)c1ccc(C=O)c(Br)c1. The van der Waals surface area contributed by atoms with E-state index >= 15 is 0 Å². The first kappa shape index (κ1) is 13.0. The van der Waals surface area contributed by atoms with Gasteiger partial charge < -0.3 is 4.90 Å². The molecule has 0 aliphatic carbocycles. The van der Waals surface area contributed by atoms with E-state index in [2.05, 4.69) is 27.4 Å². The number of halogens is 1. The van der Waals surface area contributed by atoms with Gasteiger partial charge in [-0.1, -0.05) is 6.08 Å². The second kappa shape index (κ2) is 6.48. The maximum absolute atomic E-state index is 10.7. The molecule has 0 radical (unpaired) electrons. The molecule has 0 fully saturated rings. The van der Waals surface area contributed by atoms with Crippen molar-refractivity contribution >= 4 is 27.9 Å². The molecule has 0 bridgehead atoms. The van der Waals surface area contributed by atoms with Gasteiger partial charge in [0.15, 0.2) is 6.29 Å². The molecule has 0 N–H and O–H groups in total. The van der Waals surface area contributed by atoms with Crippen molar-refractivity contribution in [3.63, 3.8) is 0 Å². The fraction of sp³-hybridized carbons (Fsp3) is 0.308. The predicted octanol–water partition coefficient (Wildman–Crippen LogP) is 3.66. The highest BCUT2D eigenvalue weighted by Gasteiger charge is 2.04. The van der Waals surface area contributed by atoms with E-state index in [9.17, 15) is 4.79 Å². The number of aldehydes is 1. The van der Waals surface area contributed by atoms with Crippen LogP contribution in [-0.4, -0.2) is 19.9 Å². The molecule has 0 aromatic heterocycles. The Labute approximate surface area is 105 Å². The summed E-state index contributed by atoms with van der Waals surface area (Å²) in [6, 6.07) is 5.76. The summed E-state index contributed by atoms with van der Waals surface area (Å²) in [7, 11) is 2.05. The molecule has 0 aliphatic heterocycles. The van der Waals surface area contributed by atoms with Crippen molar-refractivity contribution in [3.05, 3.63) is 40.9 Å². The third-order valence-electron chi connectivity index (χ3n) is 2.45. The summed E-state index contributed by atoms with van der Waals surface area (Å²) in [6.07, 6.45) is 4.90. The van der Waals surface area contributed by atoms with Crippen LogP contribution in [0.2, 0.25) is 0 Å². The molecule has 0 unspecified atom stereocenters. The summed E-state index contributed by atoms with van der Waals surface area (Å²) in [5, 5.41) is 0. The molecule has 0 aliphatic rings. The van der Waals surface area contributed by atoms with Gasteiger partial charge in [0.25, 0.3) is 0 Å². The van der Waals surface area contributed by atoms with Gasteiger partial charge in [0.2, 0.25) is 0 Å². The molecule has 0 heterocycles. The molecule has 16 heavy (non-hydrogen) atoms. The number of anilines is 1. The van der Waals surface area contributed by atoms with Gasteiger partial charge in [0.1, 0.15) is 0 Å². The third-order valence-corrected chi connectivity index (χ3v) is 3.14. The van der Waals surface area contributed by atoms with E-state index in [4.69, 9.17) is 0 Å². The average molecular weight is 282 g/mol. The van der Waals surface area contributed by atoms with E-state index in [-0.39, 0.29) is 0 Å². The van der Waals surface area contributed by atoms with Gasteiger partial charge in [-0.2, -0.15) is 0 Å². The van der Waals surface area contributed by atoms with E-state index < -0.39 is 0 Å². The van der Waals surface area contributed by atoms with Crippen LogP contribution in [0.5, 0.6) is 0 Å². The van der Waals surface area contributed by atoms with Crippen LogP contribution in [0.4, 0.5) is 5.69 Å². The smallest absolute Gasteiger partial charge is 0.151 e. The van der Waals surface area contributed by atoms with Crippen LogP contribution in [0.1, 0.15) is 23.2 Å². The highest BCUT2D eigenvalue weighted by atomic mass is 79.9. The number of rotatable bonds is 6. The fourth-order valence-electron chi connectivity index (χ4n) is 1.45. The van der Waals surface area contributed by atoms with Gasteiger partial charge in [0.05, 0.1) is 0 Å². The standard InChI is InChI=1S/C13H16BrNO/c1-3-4-5-8-15(2)12-7-6-11(10-16)13(14)9-12/h3,6-7,9-10H,1,4-5,8H2,2H3. The van der Waals surface area contributed by atoms with Gasteiger partial charge in [-0.05, 0) is 47.0 Å². The lowest BCUT2D eigenvalue weighted by Crippen LogP contribution is -2.18. The first-order valence-corrected chi connectivity index (χ1v) is 6.05. The number of hydrogen-bond donors (Lipinski definition) is 0. The average Bonchev–Trinajstić information content (AvgIpc) is 2.29. The molecule has 0 atom stereocenters. The maximum Gasteiger partial charge on any atom is 0.151 e. The zero-order chi connectivity index (χ0) is 12.0.